The van der Waals surface area contributed by atoms with Crippen LogP contribution in [0.5, 0.6) is 0 Å². The second-order valence-electron chi connectivity index (χ2n) is 8.89. The van der Waals surface area contributed by atoms with Gasteiger partial charge in [-0.1, -0.05) is 0 Å². The molecule has 2 fully saturated rings. The van der Waals surface area contributed by atoms with Crippen LogP contribution in [0.3, 0.4) is 0 Å². The molecular weight excluding hydrogens is 376 g/mol. The highest BCUT2D eigenvalue weighted by Crippen LogP contribution is 2.20. The monoisotopic (exact) mass is 412 g/mol. The lowest BCUT2D eigenvalue weighted by molar-refractivity contribution is -0.125. The number of amides is 3. The molecule has 1 heterocycles. The summed E-state index contributed by atoms with van der Waals surface area (Å²) in [6.45, 7) is 9.28. The van der Waals surface area contributed by atoms with Gasteiger partial charge < -0.3 is 25.0 Å². The molecule has 3 amide bonds. The molecule has 1 aliphatic heterocycles. The number of nitrogens with zero attached hydrogens (tertiary/aromatic N) is 2. The number of morpholine rings is 1. The van der Waals surface area contributed by atoms with E-state index in [0.29, 0.717) is 39.1 Å². The van der Waals surface area contributed by atoms with Gasteiger partial charge in [0.15, 0.2) is 0 Å². The molecule has 166 valence electrons. The van der Waals surface area contributed by atoms with Gasteiger partial charge in [-0.2, -0.15) is 0 Å². The van der Waals surface area contributed by atoms with Crippen molar-refractivity contribution in [2.45, 2.75) is 64.1 Å². The molecule has 2 rings (SSSR count). The van der Waals surface area contributed by atoms with Gasteiger partial charge in [-0.25, -0.2) is 4.79 Å². The number of nitrogens with one attached hydrogen (secondary N) is 2. The Morgan fingerprint density at radius 1 is 1.07 bits per heavy atom. The van der Waals surface area contributed by atoms with E-state index in [2.05, 4.69) is 15.5 Å². The Morgan fingerprint density at radius 3 is 2.24 bits per heavy atom. The second kappa shape index (κ2) is 10.8. The molecule has 0 aromatic carbocycles. The Balaban J connectivity index is 1.52. The zero-order valence-corrected chi connectivity index (χ0v) is 18.2. The number of ether oxygens (including phenoxy) is 2. The summed E-state index contributed by atoms with van der Waals surface area (Å²) in [6, 6.07) is 0.243. The van der Waals surface area contributed by atoms with Crippen molar-refractivity contribution in [2.24, 2.45) is 0 Å². The van der Waals surface area contributed by atoms with Crippen LogP contribution >= 0.6 is 0 Å². The largest absolute Gasteiger partial charge is 0.444 e. The van der Waals surface area contributed by atoms with Gasteiger partial charge in [0.2, 0.25) is 11.8 Å². The molecule has 0 bridgehead atoms. The Bertz CT molecular complexity index is 566. The molecule has 2 N–H and O–H groups in total. The predicted molar refractivity (Wildman–Crippen MR) is 108 cm³/mol. The summed E-state index contributed by atoms with van der Waals surface area (Å²) in [5.41, 5.74) is -0.527. The molecule has 2 aliphatic rings. The fourth-order valence-electron chi connectivity index (χ4n) is 3.30. The SMILES string of the molecule is CN(CCCC(=O)NC1CC(NC(=O)CN2CCOCC2)C1)C(=O)OC(C)(C)C. The Hall–Kier alpha value is -1.87. The highest BCUT2D eigenvalue weighted by Gasteiger charge is 2.31. The molecule has 0 unspecified atom stereocenters. The first-order chi connectivity index (χ1) is 13.6. The third-order valence-corrected chi connectivity index (χ3v) is 4.94. The minimum absolute atomic E-state index is 0.0225. The molecule has 0 aromatic heterocycles. The van der Waals surface area contributed by atoms with Crippen LogP contribution in [-0.4, -0.2) is 91.8 Å². The summed E-state index contributed by atoms with van der Waals surface area (Å²) in [4.78, 5) is 39.6. The Labute approximate surface area is 173 Å². The molecule has 0 radical (unpaired) electrons. The van der Waals surface area contributed by atoms with E-state index >= 15 is 0 Å². The van der Waals surface area contributed by atoms with Crippen molar-refractivity contribution >= 4 is 17.9 Å². The topological polar surface area (TPSA) is 100 Å². The molecule has 1 saturated carbocycles. The minimum Gasteiger partial charge on any atom is -0.444 e. The minimum atomic E-state index is -0.527. The number of carbonyl (C=O) groups is 3. The molecule has 0 atom stereocenters. The molecule has 29 heavy (non-hydrogen) atoms. The highest BCUT2D eigenvalue weighted by molar-refractivity contribution is 5.79. The molecule has 9 nitrogen and oxygen atoms in total. The van der Waals surface area contributed by atoms with Gasteiger partial charge in [-0.3, -0.25) is 14.5 Å². The van der Waals surface area contributed by atoms with E-state index in [1.165, 1.54) is 4.90 Å². The number of hydrogen-bond donors (Lipinski definition) is 2. The Morgan fingerprint density at radius 2 is 1.66 bits per heavy atom. The van der Waals surface area contributed by atoms with E-state index in [-0.39, 0.29) is 30.0 Å². The van der Waals surface area contributed by atoms with Crippen LogP contribution < -0.4 is 10.6 Å². The van der Waals surface area contributed by atoms with Gasteiger partial charge in [-0.15, -0.1) is 0 Å². The quantitative estimate of drug-likeness (QED) is 0.610. The van der Waals surface area contributed by atoms with E-state index < -0.39 is 5.60 Å². The maximum atomic E-state index is 12.1. The van der Waals surface area contributed by atoms with Crippen molar-refractivity contribution < 1.29 is 23.9 Å². The highest BCUT2D eigenvalue weighted by atomic mass is 16.6. The van der Waals surface area contributed by atoms with Crippen molar-refractivity contribution in [3.63, 3.8) is 0 Å². The van der Waals surface area contributed by atoms with E-state index in [4.69, 9.17) is 9.47 Å². The van der Waals surface area contributed by atoms with Crippen molar-refractivity contribution in [1.29, 1.82) is 0 Å². The number of rotatable bonds is 8. The smallest absolute Gasteiger partial charge is 0.410 e. The summed E-state index contributed by atoms with van der Waals surface area (Å²) in [6.07, 6.45) is 2.08. The lowest BCUT2D eigenvalue weighted by Gasteiger charge is -2.37. The average Bonchev–Trinajstić information content (AvgIpc) is 2.59. The molecule has 1 aliphatic carbocycles. The summed E-state index contributed by atoms with van der Waals surface area (Å²) < 4.78 is 10.6. The summed E-state index contributed by atoms with van der Waals surface area (Å²) >= 11 is 0. The van der Waals surface area contributed by atoms with E-state index in [9.17, 15) is 14.4 Å². The van der Waals surface area contributed by atoms with Crippen LogP contribution in [0.25, 0.3) is 0 Å². The van der Waals surface area contributed by atoms with E-state index in [1.807, 2.05) is 20.8 Å². The number of hydrogen-bond acceptors (Lipinski definition) is 6. The molecule has 1 saturated heterocycles. The van der Waals surface area contributed by atoms with Crippen LogP contribution in [-0.2, 0) is 19.1 Å². The zero-order valence-electron chi connectivity index (χ0n) is 18.2. The van der Waals surface area contributed by atoms with Crippen LogP contribution in [0.2, 0.25) is 0 Å². The van der Waals surface area contributed by atoms with Crippen LogP contribution in [0.1, 0.15) is 46.5 Å². The fourth-order valence-corrected chi connectivity index (χ4v) is 3.30. The molecule has 0 aromatic rings. The van der Waals surface area contributed by atoms with Crippen molar-refractivity contribution in [1.82, 2.24) is 20.4 Å². The average molecular weight is 413 g/mol. The van der Waals surface area contributed by atoms with Crippen LogP contribution in [0.15, 0.2) is 0 Å². The van der Waals surface area contributed by atoms with Gasteiger partial charge >= 0.3 is 6.09 Å². The normalized spacial score (nSPS) is 22.3. The maximum absolute atomic E-state index is 12.1. The third kappa shape index (κ3) is 8.99. The first-order valence-electron chi connectivity index (χ1n) is 10.5. The second-order valence-corrected chi connectivity index (χ2v) is 8.89. The molecule has 9 heteroatoms. The van der Waals surface area contributed by atoms with Gasteiger partial charge in [0.05, 0.1) is 19.8 Å². The first-order valence-corrected chi connectivity index (χ1v) is 10.5. The lowest BCUT2D eigenvalue weighted by atomic mass is 9.86. The molecule has 0 spiro atoms. The molecular formula is C20H36N4O5. The standard InChI is InChI=1S/C20H36N4O5/c1-20(2,3)29-19(27)23(4)7-5-6-17(25)21-15-12-16(13-15)22-18(26)14-24-8-10-28-11-9-24/h15-16H,5-14H2,1-4H3,(H,21,25)(H,22,26). The van der Waals surface area contributed by atoms with Gasteiger partial charge in [0.1, 0.15) is 5.60 Å². The lowest BCUT2D eigenvalue weighted by Crippen LogP contribution is -2.55. The maximum Gasteiger partial charge on any atom is 0.410 e. The van der Waals surface area contributed by atoms with E-state index in [1.54, 1.807) is 7.05 Å². The van der Waals surface area contributed by atoms with Gasteiger partial charge in [0.25, 0.3) is 0 Å². The van der Waals surface area contributed by atoms with Gasteiger partial charge in [0, 0.05) is 45.2 Å². The van der Waals surface area contributed by atoms with Crippen molar-refractivity contribution in [3.05, 3.63) is 0 Å². The summed E-state index contributed by atoms with van der Waals surface area (Å²) in [5.74, 6) is 0.0116. The van der Waals surface area contributed by atoms with Gasteiger partial charge in [-0.05, 0) is 40.0 Å². The summed E-state index contributed by atoms with van der Waals surface area (Å²) in [5, 5.41) is 6.02. The number of carbonyl (C=O) groups excluding carboxylic acids is 3. The van der Waals surface area contributed by atoms with Crippen LogP contribution in [0.4, 0.5) is 4.79 Å². The van der Waals surface area contributed by atoms with Crippen LogP contribution in [0, 0.1) is 0 Å². The van der Waals surface area contributed by atoms with Crippen molar-refractivity contribution in [2.75, 3.05) is 46.4 Å². The zero-order chi connectivity index (χ0) is 21.4. The fraction of sp³-hybridized carbons (Fsp3) is 0.850. The first kappa shape index (κ1) is 23.4. The predicted octanol–water partition coefficient (Wildman–Crippen LogP) is 0.729. The van der Waals surface area contributed by atoms with E-state index in [0.717, 1.165) is 25.9 Å². The summed E-state index contributed by atoms with van der Waals surface area (Å²) in [7, 11) is 1.67. The van der Waals surface area contributed by atoms with Crippen molar-refractivity contribution in [3.8, 4) is 0 Å². The third-order valence-electron chi connectivity index (χ3n) is 4.94. The Kier molecular flexibility index (Phi) is 8.70.